The minimum absolute atomic E-state index is 0.0784. The lowest BCUT2D eigenvalue weighted by Gasteiger charge is -2.10. The van der Waals surface area contributed by atoms with Gasteiger partial charge >= 0.3 is 0 Å². The van der Waals surface area contributed by atoms with E-state index in [0.717, 1.165) is 0 Å². The molecule has 0 aliphatic heterocycles. The van der Waals surface area contributed by atoms with Crippen LogP contribution >= 0.6 is 11.6 Å². The van der Waals surface area contributed by atoms with Crippen LogP contribution < -0.4 is 10.6 Å². The number of hydrogen-bond acceptors (Lipinski definition) is 4. The number of nitrogens with zero attached hydrogens (tertiary/aromatic N) is 1. The Morgan fingerprint density at radius 3 is 2.57 bits per heavy atom. The highest BCUT2D eigenvalue weighted by Crippen LogP contribution is 2.28. The van der Waals surface area contributed by atoms with Gasteiger partial charge in [-0.3, -0.25) is 10.1 Å². The van der Waals surface area contributed by atoms with E-state index in [1.165, 1.54) is 30.3 Å². The molecule has 2 aromatic rings. The molecule has 0 heterocycles. The molecule has 0 amide bonds. The highest BCUT2D eigenvalue weighted by molar-refractivity contribution is 6.30. The minimum Gasteiger partial charge on any atom is -0.385 e. The van der Waals surface area contributed by atoms with E-state index in [-0.39, 0.29) is 16.4 Å². The van der Waals surface area contributed by atoms with Gasteiger partial charge in [-0.1, -0.05) is 11.6 Å². The summed E-state index contributed by atoms with van der Waals surface area (Å²) in [6.07, 6.45) is 0. The molecule has 2 rings (SSSR count). The van der Waals surface area contributed by atoms with E-state index in [1.807, 2.05) is 6.92 Å². The number of benzene rings is 2. The zero-order valence-corrected chi connectivity index (χ0v) is 11.9. The standard InChI is InChI=1S/C14H13ClFN3O2/c1-2-17-10-6-11(8-12(7-10)19(20)21)18-14-4-3-9(15)5-13(14)16/h3-8,17-18H,2H2,1H3. The van der Waals surface area contributed by atoms with Crippen LogP contribution in [0.4, 0.5) is 27.1 Å². The van der Waals surface area contributed by atoms with Gasteiger partial charge in [-0.15, -0.1) is 0 Å². The van der Waals surface area contributed by atoms with Crippen LogP contribution in [0.3, 0.4) is 0 Å². The van der Waals surface area contributed by atoms with Gasteiger partial charge in [0, 0.05) is 35.1 Å². The van der Waals surface area contributed by atoms with Crippen molar-refractivity contribution in [1.29, 1.82) is 0 Å². The minimum atomic E-state index is -0.529. The van der Waals surface area contributed by atoms with Crippen LogP contribution in [0.15, 0.2) is 36.4 Å². The summed E-state index contributed by atoms with van der Waals surface area (Å²) < 4.78 is 13.7. The number of non-ortho nitro benzene ring substituents is 1. The van der Waals surface area contributed by atoms with Crippen LogP contribution in [0.1, 0.15) is 6.92 Å². The Kier molecular flexibility index (Phi) is 4.59. The Balaban J connectivity index is 2.36. The summed E-state index contributed by atoms with van der Waals surface area (Å²) in [6.45, 7) is 2.50. The molecule has 110 valence electrons. The SMILES string of the molecule is CCNc1cc(Nc2ccc(Cl)cc2F)cc([N+](=O)[O-])c1. The lowest BCUT2D eigenvalue weighted by atomic mass is 10.2. The maximum Gasteiger partial charge on any atom is 0.273 e. The van der Waals surface area contributed by atoms with Crippen molar-refractivity contribution in [3.63, 3.8) is 0 Å². The van der Waals surface area contributed by atoms with Crippen molar-refractivity contribution in [3.05, 3.63) is 57.4 Å². The maximum absolute atomic E-state index is 13.7. The average Bonchev–Trinajstić information content (AvgIpc) is 2.42. The van der Waals surface area contributed by atoms with E-state index >= 15 is 0 Å². The van der Waals surface area contributed by atoms with Gasteiger partial charge in [0.25, 0.3) is 5.69 Å². The summed E-state index contributed by atoms with van der Waals surface area (Å²) >= 11 is 5.69. The molecule has 0 unspecified atom stereocenters. The Labute approximate surface area is 125 Å². The molecule has 0 saturated carbocycles. The van der Waals surface area contributed by atoms with Gasteiger partial charge in [-0.2, -0.15) is 0 Å². The van der Waals surface area contributed by atoms with E-state index < -0.39 is 10.7 Å². The number of rotatable bonds is 5. The number of nitrogens with one attached hydrogen (secondary N) is 2. The first kappa shape index (κ1) is 15.1. The van der Waals surface area contributed by atoms with Gasteiger partial charge < -0.3 is 10.6 Å². The van der Waals surface area contributed by atoms with Gasteiger partial charge in [0.05, 0.1) is 10.6 Å². The molecular weight excluding hydrogens is 297 g/mol. The van der Waals surface area contributed by atoms with Crippen LogP contribution in [0, 0.1) is 15.9 Å². The molecule has 0 aromatic heterocycles. The van der Waals surface area contributed by atoms with E-state index in [9.17, 15) is 14.5 Å². The van der Waals surface area contributed by atoms with Crippen LogP contribution in [-0.2, 0) is 0 Å². The molecule has 7 heteroatoms. The molecule has 0 aliphatic carbocycles. The van der Waals surface area contributed by atoms with Crippen molar-refractivity contribution >= 4 is 34.4 Å². The van der Waals surface area contributed by atoms with Crippen molar-refractivity contribution in [1.82, 2.24) is 0 Å². The fourth-order valence-corrected chi connectivity index (χ4v) is 2.00. The largest absolute Gasteiger partial charge is 0.385 e. The number of anilines is 3. The fourth-order valence-electron chi connectivity index (χ4n) is 1.84. The molecule has 0 saturated heterocycles. The quantitative estimate of drug-likeness (QED) is 0.627. The number of halogens is 2. The second kappa shape index (κ2) is 6.41. The Hall–Kier alpha value is -2.34. The third-order valence-electron chi connectivity index (χ3n) is 2.72. The lowest BCUT2D eigenvalue weighted by Crippen LogP contribution is -2.00. The molecule has 2 N–H and O–H groups in total. The lowest BCUT2D eigenvalue weighted by molar-refractivity contribution is -0.384. The second-order valence-corrected chi connectivity index (χ2v) is 4.74. The molecule has 2 aromatic carbocycles. The van der Waals surface area contributed by atoms with Gasteiger partial charge in [-0.25, -0.2) is 4.39 Å². The third kappa shape index (κ3) is 3.82. The Morgan fingerprint density at radius 1 is 1.24 bits per heavy atom. The fraction of sp³-hybridized carbons (Fsp3) is 0.143. The molecule has 0 bridgehead atoms. The topological polar surface area (TPSA) is 67.2 Å². The Morgan fingerprint density at radius 2 is 1.95 bits per heavy atom. The van der Waals surface area contributed by atoms with Gasteiger partial charge in [0.1, 0.15) is 5.82 Å². The molecule has 0 radical (unpaired) electrons. The van der Waals surface area contributed by atoms with Crippen LogP contribution in [0.2, 0.25) is 5.02 Å². The molecule has 0 atom stereocenters. The summed E-state index contributed by atoms with van der Waals surface area (Å²) in [4.78, 5) is 10.4. The molecule has 0 aliphatic rings. The highest BCUT2D eigenvalue weighted by atomic mass is 35.5. The molecule has 0 fully saturated rings. The zero-order valence-electron chi connectivity index (χ0n) is 11.2. The first-order valence-corrected chi connectivity index (χ1v) is 6.63. The molecule has 5 nitrogen and oxygen atoms in total. The summed E-state index contributed by atoms with van der Waals surface area (Å²) in [5.74, 6) is -0.529. The summed E-state index contributed by atoms with van der Waals surface area (Å²) in [7, 11) is 0. The predicted molar refractivity (Wildman–Crippen MR) is 82.0 cm³/mol. The maximum atomic E-state index is 13.7. The Bertz CT molecular complexity index is 679. The van der Waals surface area contributed by atoms with Gasteiger partial charge in [0.2, 0.25) is 0 Å². The van der Waals surface area contributed by atoms with Crippen molar-refractivity contribution < 1.29 is 9.31 Å². The summed E-state index contributed by atoms with van der Waals surface area (Å²) in [5.41, 5.74) is 1.12. The molecule has 0 spiro atoms. The monoisotopic (exact) mass is 309 g/mol. The van der Waals surface area contributed by atoms with E-state index in [2.05, 4.69) is 10.6 Å². The average molecular weight is 310 g/mol. The predicted octanol–water partition coefficient (Wildman–Crippen LogP) is 4.56. The third-order valence-corrected chi connectivity index (χ3v) is 2.95. The first-order chi connectivity index (χ1) is 9.99. The molecule has 21 heavy (non-hydrogen) atoms. The van der Waals surface area contributed by atoms with Crippen molar-refractivity contribution in [2.75, 3.05) is 17.2 Å². The van der Waals surface area contributed by atoms with E-state index in [1.54, 1.807) is 6.07 Å². The second-order valence-electron chi connectivity index (χ2n) is 4.31. The highest BCUT2D eigenvalue weighted by Gasteiger charge is 2.11. The molecular formula is C14H13ClFN3O2. The zero-order chi connectivity index (χ0) is 15.4. The summed E-state index contributed by atoms with van der Waals surface area (Å²) in [5, 5.41) is 17.0. The van der Waals surface area contributed by atoms with Crippen molar-refractivity contribution in [2.45, 2.75) is 6.92 Å². The summed E-state index contributed by atoms with van der Waals surface area (Å²) in [6, 6.07) is 8.62. The first-order valence-electron chi connectivity index (χ1n) is 6.25. The van der Waals surface area contributed by atoms with Crippen molar-refractivity contribution in [3.8, 4) is 0 Å². The van der Waals surface area contributed by atoms with E-state index in [4.69, 9.17) is 11.6 Å². The number of nitro benzene ring substituents is 1. The van der Waals surface area contributed by atoms with E-state index in [0.29, 0.717) is 17.9 Å². The normalized spacial score (nSPS) is 10.2. The van der Waals surface area contributed by atoms with Gasteiger partial charge in [-0.05, 0) is 31.2 Å². The van der Waals surface area contributed by atoms with Crippen LogP contribution in [-0.4, -0.2) is 11.5 Å². The van der Waals surface area contributed by atoms with Crippen LogP contribution in [0.25, 0.3) is 0 Å². The number of nitro groups is 1. The van der Waals surface area contributed by atoms with Crippen LogP contribution in [0.5, 0.6) is 0 Å². The smallest absolute Gasteiger partial charge is 0.273 e. The van der Waals surface area contributed by atoms with Gasteiger partial charge in [0.15, 0.2) is 0 Å². The number of hydrogen-bond donors (Lipinski definition) is 2. The van der Waals surface area contributed by atoms with Crippen molar-refractivity contribution in [2.24, 2.45) is 0 Å².